The van der Waals surface area contributed by atoms with E-state index in [1.807, 2.05) is 6.92 Å². The van der Waals surface area contributed by atoms with E-state index < -0.39 is 0 Å². The van der Waals surface area contributed by atoms with Crippen molar-refractivity contribution in [2.45, 2.75) is 20.2 Å². The van der Waals surface area contributed by atoms with Gasteiger partial charge in [0, 0.05) is 0 Å². The smallest absolute Gasteiger partial charge is 0.353 e. The van der Waals surface area contributed by atoms with Gasteiger partial charge in [0.15, 0.2) is 0 Å². The first kappa shape index (κ1) is 10.7. The average Bonchev–Trinajstić information content (AvgIpc) is 1.35. The van der Waals surface area contributed by atoms with Gasteiger partial charge in [-0.2, -0.15) is 0 Å². The maximum absolute atomic E-state index is 9.99. The second-order valence-corrected chi connectivity index (χ2v) is 1.22. The van der Waals surface area contributed by atoms with Crippen molar-refractivity contribution in [3.63, 3.8) is 0 Å². The summed E-state index contributed by atoms with van der Waals surface area (Å²) in [7, 11) is 1.65. The molecule has 0 aliphatic rings. The van der Waals surface area contributed by atoms with Crippen LogP contribution in [0.3, 0.4) is 0 Å². The van der Waals surface area contributed by atoms with Gasteiger partial charge in [-0.1, -0.05) is 6.92 Å². The SMILES string of the molecule is CC[B-]C(C)=O.[Na+]. The summed E-state index contributed by atoms with van der Waals surface area (Å²) in [6.45, 7) is 3.50. The second-order valence-electron chi connectivity index (χ2n) is 1.22. The zero-order valence-corrected chi connectivity index (χ0v) is 7.19. The third kappa shape index (κ3) is 10.8. The van der Waals surface area contributed by atoms with Gasteiger partial charge in [-0.3, -0.25) is 0 Å². The number of carbonyl (C=O) groups is 1. The minimum Gasteiger partial charge on any atom is -0.353 e. The predicted molar refractivity (Wildman–Crippen MR) is 26.9 cm³/mol. The summed E-state index contributed by atoms with van der Waals surface area (Å²) < 4.78 is 0. The number of hydrogen-bond donors (Lipinski definition) is 0. The molecule has 0 aromatic carbocycles. The first-order valence-electron chi connectivity index (χ1n) is 2.11. The van der Waals surface area contributed by atoms with Crippen molar-refractivity contribution in [1.29, 1.82) is 0 Å². The van der Waals surface area contributed by atoms with Crippen LogP contribution in [0, 0.1) is 0 Å². The van der Waals surface area contributed by atoms with Crippen molar-refractivity contribution in [2.24, 2.45) is 0 Å². The number of carbonyl (C=O) groups excluding carboxylic acids is 1. The molecular formula is C4H8BNaO. The van der Waals surface area contributed by atoms with E-state index in [1.54, 1.807) is 14.2 Å². The molecule has 0 heterocycles. The summed E-state index contributed by atoms with van der Waals surface area (Å²) in [5, 5.41) is 0. The Bertz CT molecular complexity index is 55.7. The molecule has 7 heavy (non-hydrogen) atoms. The van der Waals surface area contributed by atoms with Crippen LogP contribution in [0.1, 0.15) is 13.8 Å². The Hall–Kier alpha value is 0.735. The fraction of sp³-hybridized carbons (Fsp3) is 0.750. The van der Waals surface area contributed by atoms with Gasteiger partial charge in [0.2, 0.25) is 0 Å². The molecule has 0 spiro atoms. The maximum Gasteiger partial charge on any atom is 1.00 e. The van der Waals surface area contributed by atoms with Gasteiger partial charge in [-0.25, -0.2) is 13.6 Å². The van der Waals surface area contributed by atoms with Crippen LogP contribution >= 0.6 is 0 Å². The van der Waals surface area contributed by atoms with Gasteiger partial charge >= 0.3 is 29.6 Å². The van der Waals surface area contributed by atoms with Crippen molar-refractivity contribution in [3.05, 3.63) is 0 Å². The van der Waals surface area contributed by atoms with Crippen molar-refractivity contribution in [2.75, 3.05) is 0 Å². The van der Waals surface area contributed by atoms with Gasteiger partial charge in [0.25, 0.3) is 0 Å². The van der Waals surface area contributed by atoms with E-state index in [4.69, 9.17) is 0 Å². The molecule has 0 saturated heterocycles. The molecule has 34 valence electrons. The van der Waals surface area contributed by atoms with Crippen LogP contribution in [-0.2, 0) is 4.79 Å². The Morgan fingerprint density at radius 2 is 2.14 bits per heavy atom. The molecule has 0 fully saturated rings. The van der Waals surface area contributed by atoms with E-state index in [0.717, 1.165) is 6.32 Å². The van der Waals surface area contributed by atoms with E-state index in [0.29, 0.717) is 0 Å². The molecule has 0 aliphatic carbocycles. The molecule has 0 unspecified atom stereocenters. The fourth-order valence-electron chi connectivity index (χ4n) is 0.287. The first-order chi connectivity index (χ1) is 2.77. The monoisotopic (exact) mass is 106 g/mol. The normalized spacial score (nSPS) is 7.14. The zero-order valence-electron chi connectivity index (χ0n) is 5.19. The van der Waals surface area contributed by atoms with Crippen molar-refractivity contribution < 1.29 is 34.4 Å². The number of hydrogen-bond acceptors (Lipinski definition) is 1. The standard InChI is InChI=1S/C4H8BO.Na/c1-3-5-4(2)6;/h3H2,1-2H3;/q-1;+1. The topological polar surface area (TPSA) is 17.1 Å². The fourth-order valence-corrected chi connectivity index (χ4v) is 0.287. The third-order valence-corrected chi connectivity index (χ3v) is 0.492. The summed E-state index contributed by atoms with van der Waals surface area (Å²) in [5.74, 6) is 0. The van der Waals surface area contributed by atoms with Crippen LogP contribution in [0.4, 0.5) is 0 Å². The number of rotatable bonds is 2. The van der Waals surface area contributed by atoms with Crippen LogP contribution in [0.25, 0.3) is 0 Å². The predicted octanol–water partition coefficient (Wildman–Crippen LogP) is -2.32. The first-order valence-corrected chi connectivity index (χ1v) is 2.11. The minimum absolute atomic E-state index is 0. The Morgan fingerprint density at radius 1 is 1.71 bits per heavy atom. The van der Waals surface area contributed by atoms with Gasteiger partial charge in [-0.15, -0.1) is 12.6 Å². The van der Waals surface area contributed by atoms with E-state index in [-0.39, 0.29) is 35.2 Å². The molecule has 0 amide bonds. The average molecular weight is 106 g/mol. The van der Waals surface area contributed by atoms with Crippen LogP contribution in [0.2, 0.25) is 6.32 Å². The van der Waals surface area contributed by atoms with Gasteiger partial charge in [0.05, 0.1) is 0 Å². The van der Waals surface area contributed by atoms with E-state index >= 15 is 0 Å². The largest absolute Gasteiger partial charge is 1.00 e. The Kier molecular flexibility index (Phi) is 10.3. The Morgan fingerprint density at radius 3 is 2.14 bits per heavy atom. The van der Waals surface area contributed by atoms with E-state index in [9.17, 15) is 4.79 Å². The van der Waals surface area contributed by atoms with Crippen LogP contribution in [0.15, 0.2) is 0 Å². The second kappa shape index (κ2) is 6.73. The summed E-state index contributed by atoms with van der Waals surface area (Å²) in [5.41, 5.74) is 0.164. The molecule has 0 saturated carbocycles. The van der Waals surface area contributed by atoms with Crippen LogP contribution in [0.5, 0.6) is 0 Å². The molecule has 0 rings (SSSR count). The molecule has 3 heteroatoms. The summed E-state index contributed by atoms with van der Waals surface area (Å²) in [6, 6.07) is 0. The summed E-state index contributed by atoms with van der Waals surface area (Å²) >= 11 is 0. The van der Waals surface area contributed by atoms with Crippen molar-refractivity contribution in [3.8, 4) is 0 Å². The molecule has 0 atom stereocenters. The third-order valence-electron chi connectivity index (χ3n) is 0.492. The van der Waals surface area contributed by atoms with Crippen molar-refractivity contribution in [1.82, 2.24) is 0 Å². The van der Waals surface area contributed by atoms with Crippen LogP contribution in [-0.4, -0.2) is 13.0 Å². The van der Waals surface area contributed by atoms with Gasteiger partial charge in [-0.05, 0) is 0 Å². The molecule has 0 aliphatic heterocycles. The van der Waals surface area contributed by atoms with Crippen molar-refractivity contribution >= 4 is 13.0 Å². The molecule has 2 radical (unpaired) electrons. The Balaban J connectivity index is 0. The van der Waals surface area contributed by atoms with Crippen LogP contribution < -0.4 is 29.6 Å². The summed E-state index contributed by atoms with van der Waals surface area (Å²) in [6.07, 6.45) is 0.856. The molecule has 0 aromatic heterocycles. The summed E-state index contributed by atoms with van der Waals surface area (Å²) in [4.78, 5) is 9.99. The zero-order chi connectivity index (χ0) is 4.99. The van der Waals surface area contributed by atoms with Gasteiger partial charge < -0.3 is 4.79 Å². The van der Waals surface area contributed by atoms with Gasteiger partial charge in [0.1, 0.15) is 0 Å². The molecule has 1 nitrogen and oxygen atoms in total. The molecule has 0 N–H and O–H groups in total. The Labute approximate surface area is 67.4 Å². The quantitative estimate of drug-likeness (QED) is 0.361. The molecular weight excluding hydrogens is 97.8 g/mol. The maximum atomic E-state index is 9.99. The van der Waals surface area contributed by atoms with E-state index in [2.05, 4.69) is 0 Å². The molecule has 0 bridgehead atoms. The molecule has 0 aromatic rings. The minimum atomic E-state index is 0. The van der Waals surface area contributed by atoms with E-state index in [1.165, 1.54) is 0 Å².